The third-order valence-corrected chi connectivity index (χ3v) is 2.89. The Morgan fingerprint density at radius 3 is 2.12 bits per heavy atom. The lowest BCUT2D eigenvalue weighted by molar-refractivity contribution is -0.111. The Hall–Kier alpha value is -3.21. The summed E-state index contributed by atoms with van der Waals surface area (Å²) in [6.07, 6.45) is 3.97. The Morgan fingerprint density at radius 2 is 1.65 bits per heavy atom. The van der Waals surface area contributed by atoms with Crippen molar-refractivity contribution >= 4 is 34.6 Å². The van der Waals surface area contributed by atoms with Crippen molar-refractivity contribution in [3.63, 3.8) is 0 Å². The zero-order chi connectivity index (χ0) is 19.7. The Labute approximate surface area is 150 Å². The first-order valence-electron chi connectivity index (χ1n) is 6.79. The summed E-state index contributed by atoms with van der Waals surface area (Å²) in [4.78, 5) is 36.3. The van der Waals surface area contributed by atoms with Gasteiger partial charge in [0, 0.05) is 29.6 Å². The fraction of sp³-hybridized carbons (Fsp3) is 0. The van der Waals surface area contributed by atoms with Crippen molar-refractivity contribution in [1.82, 2.24) is 4.98 Å². The minimum Gasteiger partial charge on any atom is -0.784 e. The maximum Gasteiger partial charge on any atom is 0.250 e. The van der Waals surface area contributed by atoms with Crippen LogP contribution in [0.15, 0.2) is 54.9 Å². The molecule has 0 saturated carbocycles. The van der Waals surface area contributed by atoms with E-state index in [1.54, 1.807) is 36.5 Å². The van der Waals surface area contributed by atoms with Gasteiger partial charge in [-0.25, -0.2) is 0 Å². The SMILES string of the molecule is NC(=O)c1cccnc1.O=C1C=C(O)c2ccccc2C1=O.O=S([O-])[O-]. The van der Waals surface area contributed by atoms with E-state index in [0.29, 0.717) is 11.1 Å². The maximum absolute atomic E-state index is 11.3. The number of aromatic nitrogens is 1. The van der Waals surface area contributed by atoms with Crippen LogP contribution in [0.2, 0.25) is 0 Å². The number of amides is 1. The molecule has 0 radical (unpaired) electrons. The molecule has 0 unspecified atom stereocenters. The van der Waals surface area contributed by atoms with Gasteiger partial charge in [-0.15, -0.1) is 11.4 Å². The minimum atomic E-state index is -3.11. The fourth-order valence-electron chi connectivity index (χ4n) is 1.81. The van der Waals surface area contributed by atoms with E-state index in [2.05, 4.69) is 4.98 Å². The lowest BCUT2D eigenvalue weighted by Gasteiger charge is -2.10. The van der Waals surface area contributed by atoms with Crippen molar-refractivity contribution in [3.8, 4) is 0 Å². The number of hydrogen-bond acceptors (Lipinski definition) is 8. The first-order chi connectivity index (χ1) is 12.2. The van der Waals surface area contributed by atoms with Crippen molar-refractivity contribution in [2.75, 3.05) is 0 Å². The molecule has 0 fully saturated rings. The molecule has 1 aliphatic rings. The summed E-state index contributed by atoms with van der Waals surface area (Å²) < 4.78 is 25.3. The van der Waals surface area contributed by atoms with Gasteiger partial charge in [-0.05, 0) is 12.1 Å². The number of Topliss-reactive ketones (excluding diaryl/α,β-unsaturated/α-hetero) is 1. The smallest absolute Gasteiger partial charge is 0.250 e. The topological polar surface area (TPSA) is 174 Å². The van der Waals surface area contributed by atoms with E-state index < -0.39 is 28.8 Å². The first-order valence-corrected chi connectivity index (χ1v) is 7.79. The Morgan fingerprint density at radius 1 is 1.08 bits per heavy atom. The molecular formula is C16H12N2O7S-2. The molecule has 3 N–H and O–H groups in total. The zero-order valence-electron chi connectivity index (χ0n) is 13.0. The van der Waals surface area contributed by atoms with Crippen LogP contribution in [0.4, 0.5) is 0 Å². The van der Waals surface area contributed by atoms with Gasteiger partial charge in [-0.2, -0.15) is 0 Å². The van der Waals surface area contributed by atoms with E-state index >= 15 is 0 Å². The van der Waals surface area contributed by atoms with Crippen molar-refractivity contribution in [2.24, 2.45) is 5.73 Å². The van der Waals surface area contributed by atoms with Crippen molar-refractivity contribution < 1.29 is 32.8 Å². The highest BCUT2D eigenvalue weighted by atomic mass is 32.2. The first kappa shape index (κ1) is 20.8. The quantitative estimate of drug-likeness (QED) is 0.535. The lowest BCUT2D eigenvalue weighted by Crippen LogP contribution is -2.18. The van der Waals surface area contributed by atoms with E-state index in [9.17, 15) is 19.5 Å². The molecule has 1 heterocycles. The minimum absolute atomic E-state index is 0.139. The van der Waals surface area contributed by atoms with Crippen LogP contribution >= 0.6 is 0 Å². The predicted octanol–water partition coefficient (Wildman–Crippen LogP) is 0.527. The third kappa shape index (κ3) is 6.36. The molecule has 9 nitrogen and oxygen atoms in total. The number of aliphatic hydroxyl groups excluding tert-OH is 1. The van der Waals surface area contributed by atoms with Gasteiger partial charge in [-0.1, -0.05) is 24.3 Å². The highest BCUT2D eigenvalue weighted by Crippen LogP contribution is 2.22. The van der Waals surface area contributed by atoms with Gasteiger partial charge >= 0.3 is 0 Å². The van der Waals surface area contributed by atoms with Crippen LogP contribution in [0.5, 0.6) is 0 Å². The largest absolute Gasteiger partial charge is 0.784 e. The summed E-state index contributed by atoms with van der Waals surface area (Å²) in [6.45, 7) is 0. The standard InChI is InChI=1S/C10H6O3.C6H6N2O.H2O3S/c11-8-5-9(12)10(13)7-4-2-1-3-6(7)8;7-6(9)5-2-1-3-8-4-5;1-4(2)3/h1-5,11H;1-4H,(H2,7,9);(H2,1,2,3)/p-2. The van der Waals surface area contributed by atoms with Gasteiger partial charge in [0.15, 0.2) is 0 Å². The Bertz CT molecular complexity index is 862. The van der Waals surface area contributed by atoms with Crippen molar-refractivity contribution in [1.29, 1.82) is 0 Å². The van der Waals surface area contributed by atoms with Gasteiger partial charge in [-0.3, -0.25) is 23.6 Å². The van der Waals surface area contributed by atoms with Crippen LogP contribution < -0.4 is 5.73 Å². The number of carbonyl (C=O) groups is 3. The molecule has 26 heavy (non-hydrogen) atoms. The van der Waals surface area contributed by atoms with Crippen molar-refractivity contribution in [3.05, 3.63) is 71.6 Å². The van der Waals surface area contributed by atoms with Crippen LogP contribution in [-0.2, 0) is 16.2 Å². The second kappa shape index (κ2) is 9.93. The molecule has 1 aliphatic carbocycles. The predicted molar refractivity (Wildman–Crippen MR) is 88.8 cm³/mol. The number of hydrogen-bond donors (Lipinski definition) is 2. The maximum atomic E-state index is 11.3. The number of rotatable bonds is 1. The van der Waals surface area contributed by atoms with Gasteiger partial charge in [0.05, 0.1) is 5.56 Å². The number of allylic oxidation sites excluding steroid dienone is 1. The van der Waals surface area contributed by atoms with Crippen LogP contribution in [-0.4, -0.2) is 40.9 Å². The molecule has 1 amide bonds. The second-order valence-electron chi connectivity index (χ2n) is 4.58. The number of nitrogens with zero attached hydrogens (tertiary/aromatic N) is 1. The number of aliphatic hydroxyl groups is 1. The van der Waals surface area contributed by atoms with E-state index in [-0.39, 0.29) is 11.3 Å². The molecule has 2 aromatic rings. The van der Waals surface area contributed by atoms with E-state index in [4.69, 9.17) is 19.0 Å². The number of carbonyl (C=O) groups excluding carboxylic acids is 3. The number of benzene rings is 1. The normalized spacial score (nSPS) is 12.0. The van der Waals surface area contributed by atoms with E-state index in [1.807, 2.05) is 0 Å². The summed E-state index contributed by atoms with van der Waals surface area (Å²) in [5.74, 6) is -1.81. The molecule has 1 aromatic heterocycles. The third-order valence-electron chi connectivity index (χ3n) is 2.89. The van der Waals surface area contributed by atoms with Crippen LogP contribution in [0, 0.1) is 0 Å². The van der Waals surface area contributed by atoms with E-state index in [0.717, 1.165) is 6.08 Å². The highest BCUT2D eigenvalue weighted by molar-refractivity contribution is 7.72. The molecule has 1 aromatic carbocycles. The number of primary amides is 1. The summed E-state index contributed by atoms with van der Waals surface area (Å²) in [5, 5.41) is 9.34. The lowest BCUT2D eigenvalue weighted by atomic mass is 9.94. The Balaban J connectivity index is 0.000000227. The zero-order valence-corrected chi connectivity index (χ0v) is 13.8. The molecule has 136 valence electrons. The number of nitrogens with two attached hydrogens (primary N) is 1. The fourth-order valence-corrected chi connectivity index (χ4v) is 1.81. The monoisotopic (exact) mass is 376 g/mol. The van der Waals surface area contributed by atoms with Crippen LogP contribution in [0.25, 0.3) is 5.76 Å². The molecule has 3 rings (SSSR count). The second-order valence-corrected chi connectivity index (χ2v) is 4.99. The number of ketones is 2. The molecule has 10 heteroatoms. The van der Waals surface area contributed by atoms with Crippen LogP contribution in [0.1, 0.15) is 26.3 Å². The van der Waals surface area contributed by atoms with Gasteiger partial charge < -0.3 is 19.9 Å². The number of fused-ring (bicyclic) bond motifs is 1. The number of pyridine rings is 1. The van der Waals surface area contributed by atoms with Crippen LogP contribution in [0.3, 0.4) is 0 Å². The van der Waals surface area contributed by atoms with Gasteiger partial charge in [0.25, 0.3) is 0 Å². The molecule has 0 saturated heterocycles. The summed E-state index contributed by atoms with van der Waals surface area (Å²) in [7, 11) is 0. The Kier molecular flexibility index (Phi) is 7.96. The molecule has 0 aliphatic heterocycles. The highest BCUT2D eigenvalue weighted by Gasteiger charge is 2.24. The molecule has 0 bridgehead atoms. The van der Waals surface area contributed by atoms with Gasteiger partial charge in [0.2, 0.25) is 17.5 Å². The summed E-state index contributed by atoms with van der Waals surface area (Å²) in [5.41, 5.74) is 6.07. The van der Waals surface area contributed by atoms with E-state index in [1.165, 1.54) is 12.3 Å². The average molecular weight is 376 g/mol. The molecule has 0 atom stereocenters. The molecular weight excluding hydrogens is 364 g/mol. The van der Waals surface area contributed by atoms with Gasteiger partial charge in [0.1, 0.15) is 5.76 Å². The summed E-state index contributed by atoms with van der Waals surface area (Å²) in [6, 6.07) is 9.77. The summed E-state index contributed by atoms with van der Waals surface area (Å²) >= 11 is -3.11. The van der Waals surface area contributed by atoms with Crippen molar-refractivity contribution in [2.45, 2.75) is 0 Å². The molecule has 0 spiro atoms. The average Bonchev–Trinajstić information content (AvgIpc) is 2.61.